The highest BCUT2D eigenvalue weighted by Crippen LogP contribution is 2.33. The third kappa shape index (κ3) is 3.83. The van der Waals surface area contributed by atoms with E-state index in [0.717, 1.165) is 12.1 Å². The Morgan fingerprint density at radius 2 is 1.57 bits per heavy atom. The molecule has 0 atom stereocenters. The van der Waals surface area contributed by atoms with E-state index in [9.17, 15) is 23.1 Å². The highest BCUT2D eigenvalue weighted by molar-refractivity contribution is 6.35. The summed E-state index contributed by atoms with van der Waals surface area (Å²) in [5.74, 6) is -1.24. The van der Waals surface area contributed by atoms with Gasteiger partial charge in [0, 0.05) is 27.2 Å². The maximum atomic E-state index is 12.9. The number of hydrogen-bond acceptors (Lipinski definition) is 3. The van der Waals surface area contributed by atoms with Crippen LogP contribution in [0.5, 0.6) is 0 Å². The van der Waals surface area contributed by atoms with Gasteiger partial charge < -0.3 is 5.11 Å². The Balaban J connectivity index is 1.94. The molecule has 0 aliphatic carbocycles. The molecule has 0 fully saturated rings. The second-order valence-electron chi connectivity index (χ2n) is 6.36. The van der Waals surface area contributed by atoms with Crippen LogP contribution in [-0.2, 0) is 6.18 Å². The number of fused-ring (bicyclic) bond motifs is 1. The van der Waals surface area contributed by atoms with Gasteiger partial charge in [0.05, 0.1) is 17.0 Å². The minimum Gasteiger partial charge on any atom is -0.476 e. The first-order valence-corrected chi connectivity index (χ1v) is 9.15. The van der Waals surface area contributed by atoms with Crippen LogP contribution in [-0.4, -0.2) is 25.7 Å². The van der Waals surface area contributed by atoms with Gasteiger partial charge in [-0.25, -0.2) is 14.3 Å². The fourth-order valence-corrected chi connectivity index (χ4v) is 3.49. The van der Waals surface area contributed by atoms with Gasteiger partial charge in [-0.3, -0.25) is 0 Å². The molecule has 4 rings (SSSR count). The number of hydrogen-bond donors (Lipinski definition) is 1. The first-order valence-electron chi connectivity index (χ1n) is 8.40. The van der Waals surface area contributed by atoms with Crippen LogP contribution in [0.15, 0.2) is 54.6 Å². The Labute approximate surface area is 177 Å². The van der Waals surface area contributed by atoms with Crippen LogP contribution in [0.1, 0.15) is 16.1 Å². The van der Waals surface area contributed by atoms with E-state index in [1.807, 2.05) is 0 Å². The lowest BCUT2D eigenvalue weighted by Gasteiger charge is -2.11. The number of halogens is 5. The number of carboxylic acid groups (broad SMARTS) is 1. The standard InChI is InChI=1S/C20H10Cl2F3N3O2/c21-13-5-11(6-14(22)7-13)17-8-15(10-1-3-12(4-2-10)20(23,24)25)26-18-9-16(19(29)30)27-28(17)18/h1-9H,(H,29,30). The SMILES string of the molecule is O=C(O)c1cc2nc(-c3ccc(C(F)(F)F)cc3)cc(-c3cc(Cl)cc(Cl)c3)n2n1. The molecule has 1 N–H and O–H groups in total. The van der Waals surface area contributed by atoms with Crippen LogP contribution in [0.2, 0.25) is 10.0 Å². The maximum absolute atomic E-state index is 12.9. The van der Waals surface area contributed by atoms with E-state index >= 15 is 0 Å². The Morgan fingerprint density at radius 1 is 0.933 bits per heavy atom. The molecule has 2 aromatic heterocycles. The molecule has 0 aliphatic rings. The number of nitrogens with zero attached hydrogens (tertiary/aromatic N) is 3. The second kappa shape index (κ2) is 7.30. The lowest BCUT2D eigenvalue weighted by atomic mass is 10.1. The zero-order valence-electron chi connectivity index (χ0n) is 14.8. The Morgan fingerprint density at radius 3 is 2.13 bits per heavy atom. The molecule has 0 spiro atoms. The van der Waals surface area contributed by atoms with Crippen LogP contribution >= 0.6 is 23.2 Å². The van der Waals surface area contributed by atoms with Gasteiger partial charge in [0.15, 0.2) is 11.3 Å². The highest BCUT2D eigenvalue weighted by atomic mass is 35.5. The average Bonchev–Trinajstić information content (AvgIpc) is 3.10. The molecule has 0 aliphatic heterocycles. The van der Waals surface area contributed by atoms with Gasteiger partial charge in [0.2, 0.25) is 0 Å². The number of benzene rings is 2. The van der Waals surface area contributed by atoms with Crippen molar-refractivity contribution in [2.45, 2.75) is 6.18 Å². The zero-order chi connectivity index (χ0) is 21.6. The van der Waals surface area contributed by atoms with Crippen molar-refractivity contribution in [3.8, 4) is 22.5 Å². The number of carboxylic acids is 1. The van der Waals surface area contributed by atoms with Crippen molar-refractivity contribution in [3.63, 3.8) is 0 Å². The van der Waals surface area contributed by atoms with E-state index < -0.39 is 17.7 Å². The van der Waals surface area contributed by atoms with E-state index in [1.54, 1.807) is 18.2 Å². The summed E-state index contributed by atoms with van der Waals surface area (Å²) in [6.07, 6.45) is -4.46. The summed E-state index contributed by atoms with van der Waals surface area (Å²) < 4.78 is 39.9. The van der Waals surface area contributed by atoms with Crippen molar-refractivity contribution in [2.24, 2.45) is 0 Å². The van der Waals surface area contributed by atoms with Gasteiger partial charge in [0.25, 0.3) is 0 Å². The molecule has 152 valence electrons. The number of carbonyl (C=O) groups is 1. The van der Waals surface area contributed by atoms with Crippen molar-refractivity contribution in [1.29, 1.82) is 0 Å². The first-order chi connectivity index (χ1) is 14.1. The minimum atomic E-state index is -4.46. The molecule has 0 unspecified atom stereocenters. The van der Waals surface area contributed by atoms with Crippen molar-refractivity contribution >= 4 is 34.8 Å². The molecule has 5 nitrogen and oxygen atoms in total. The fraction of sp³-hybridized carbons (Fsp3) is 0.0500. The van der Waals surface area contributed by atoms with Gasteiger partial charge in [-0.2, -0.15) is 18.3 Å². The molecular weight excluding hydrogens is 442 g/mol. The monoisotopic (exact) mass is 451 g/mol. The molecule has 0 radical (unpaired) electrons. The van der Waals surface area contributed by atoms with Crippen LogP contribution < -0.4 is 0 Å². The lowest BCUT2D eigenvalue weighted by Crippen LogP contribution is -2.04. The zero-order valence-corrected chi connectivity index (χ0v) is 16.3. The third-order valence-electron chi connectivity index (χ3n) is 4.31. The van der Waals surface area contributed by atoms with Crippen molar-refractivity contribution in [2.75, 3.05) is 0 Å². The number of aromatic nitrogens is 3. The molecule has 0 amide bonds. The topological polar surface area (TPSA) is 67.5 Å². The van der Waals surface area contributed by atoms with Crippen molar-refractivity contribution in [3.05, 3.63) is 75.9 Å². The smallest absolute Gasteiger partial charge is 0.416 e. The summed E-state index contributed by atoms with van der Waals surface area (Å²) in [6.45, 7) is 0. The molecule has 30 heavy (non-hydrogen) atoms. The summed E-state index contributed by atoms with van der Waals surface area (Å²) >= 11 is 12.2. The molecule has 10 heteroatoms. The summed E-state index contributed by atoms with van der Waals surface area (Å²) in [4.78, 5) is 15.7. The van der Waals surface area contributed by atoms with E-state index in [2.05, 4.69) is 10.1 Å². The predicted octanol–water partition coefficient (Wildman–Crippen LogP) is 6.09. The van der Waals surface area contributed by atoms with Gasteiger partial charge in [0.1, 0.15) is 0 Å². The van der Waals surface area contributed by atoms with Crippen molar-refractivity contribution < 1.29 is 23.1 Å². The van der Waals surface area contributed by atoms with Crippen molar-refractivity contribution in [1.82, 2.24) is 14.6 Å². The average molecular weight is 452 g/mol. The molecule has 0 saturated carbocycles. The summed E-state index contributed by atoms with van der Waals surface area (Å²) in [7, 11) is 0. The van der Waals surface area contributed by atoms with Gasteiger partial charge in [-0.1, -0.05) is 35.3 Å². The van der Waals surface area contributed by atoms with E-state index in [1.165, 1.54) is 28.8 Å². The number of aromatic carboxylic acids is 1. The molecule has 4 aromatic rings. The van der Waals surface area contributed by atoms with Crippen LogP contribution in [0, 0.1) is 0 Å². The Hall–Kier alpha value is -3.10. The lowest BCUT2D eigenvalue weighted by molar-refractivity contribution is -0.137. The van der Waals surface area contributed by atoms with E-state index in [4.69, 9.17) is 23.2 Å². The van der Waals surface area contributed by atoms with Crippen LogP contribution in [0.4, 0.5) is 13.2 Å². The van der Waals surface area contributed by atoms with E-state index in [0.29, 0.717) is 32.6 Å². The maximum Gasteiger partial charge on any atom is 0.416 e. The van der Waals surface area contributed by atoms with Gasteiger partial charge >= 0.3 is 12.1 Å². The first kappa shape index (κ1) is 20.2. The predicted molar refractivity (Wildman–Crippen MR) is 106 cm³/mol. The van der Waals surface area contributed by atoms with Crippen LogP contribution in [0.25, 0.3) is 28.2 Å². The molecule has 2 aromatic carbocycles. The van der Waals surface area contributed by atoms with Gasteiger partial charge in [-0.05, 0) is 36.4 Å². The third-order valence-corrected chi connectivity index (χ3v) is 4.75. The van der Waals surface area contributed by atoms with Gasteiger partial charge in [-0.15, -0.1) is 0 Å². The summed E-state index contributed by atoms with van der Waals surface area (Å²) in [6, 6.07) is 12.1. The second-order valence-corrected chi connectivity index (χ2v) is 7.24. The fourth-order valence-electron chi connectivity index (χ4n) is 2.96. The molecular formula is C20H10Cl2F3N3O2. The Bertz CT molecular complexity index is 1260. The molecule has 2 heterocycles. The molecule has 0 saturated heterocycles. The quantitative estimate of drug-likeness (QED) is 0.409. The Kier molecular flexibility index (Phi) is 4.91. The normalized spacial score (nSPS) is 11.8. The molecule has 0 bridgehead atoms. The number of rotatable bonds is 3. The largest absolute Gasteiger partial charge is 0.476 e. The van der Waals surface area contributed by atoms with E-state index in [-0.39, 0.29) is 11.3 Å². The summed E-state index contributed by atoms with van der Waals surface area (Å²) in [5, 5.41) is 14.0. The minimum absolute atomic E-state index is 0.205. The highest BCUT2D eigenvalue weighted by Gasteiger charge is 2.30. The van der Waals surface area contributed by atoms with Crippen LogP contribution in [0.3, 0.4) is 0 Å². The summed E-state index contributed by atoms with van der Waals surface area (Å²) in [5.41, 5.74) is 0.890. The number of alkyl halides is 3.